The van der Waals surface area contributed by atoms with Crippen molar-refractivity contribution in [2.45, 2.75) is 36.3 Å². The van der Waals surface area contributed by atoms with Crippen LogP contribution in [0.3, 0.4) is 0 Å². The van der Waals surface area contributed by atoms with Gasteiger partial charge in [0.1, 0.15) is 5.78 Å². The number of hydrogen-bond donors (Lipinski definition) is 0. The number of carbonyl (C=O) groups is 1. The van der Waals surface area contributed by atoms with Crippen LogP contribution in [0.4, 0.5) is 8.78 Å². The number of rotatable bonds is 4. The van der Waals surface area contributed by atoms with E-state index >= 15 is 0 Å². The van der Waals surface area contributed by atoms with Crippen LogP contribution in [0, 0.1) is 23.7 Å². The van der Waals surface area contributed by atoms with Crippen molar-refractivity contribution in [3.8, 4) is 0 Å². The summed E-state index contributed by atoms with van der Waals surface area (Å²) < 4.78 is 54.0. The van der Waals surface area contributed by atoms with E-state index in [1.54, 1.807) is 6.07 Å². The van der Waals surface area contributed by atoms with Gasteiger partial charge in [-0.1, -0.05) is 18.2 Å². The fourth-order valence-corrected chi connectivity index (χ4v) is 5.66. The van der Waals surface area contributed by atoms with Gasteiger partial charge in [-0.3, -0.25) is 4.79 Å². The zero-order valence-corrected chi connectivity index (χ0v) is 13.0. The van der Waals surface area contributed by atoms with E-state index in [9.17, 15) is 22.0 Å². The number of ketones is 1. The maximum Gasteiger partial charge on any atom is 0.353 e. The first-order valence-corrected chi connectivity index (χ1v) is 8.91. The Morgan fingerprint density at radius 3 is 2.23 bits per heavy atom. The number of benzene rings is 1. The van der Waals surface area contributed by atoms with E-state index in [1.807, 2.05) is 0 Å². The normalized spacial score (nSPS) is 31.4. The SMILES string of the molecule is CC(=O)C1CC2CC1CC2C(F)(F)S(=O)(=O)c1ccccc1. The number of Topliss-reactive ketones (excluding diaryl/α,β-unsaturated/α-hetero) is 1. The number of hydrogen-bond acceptors (Lipinski definition) is 3. The second-order valence-corrected chi connectivity index (χ2v) is 8.45. The first-order valence-electron chi connectivity index (χ1n) is 7.43. The smallest absolute Gasteiger partial charge is 0.300 e. The maximum absolute atomic E-state index is 14.7. The van der Waals surface area contributed by atoms with Gasteiger partial charge in [-0.25, -0.2) is 8.42 Å². The lowest BCUT2D eigenvalue weighted by Crippen LogP contribution is -2.41. The third-order valence-electron chi connectivity index (χ3n) is 5.22. The van der Waals surface area contributed by atoms with Crippen LogP contribution in [-0.2, 0) is 14.6 Å². The highest BCUT2D eigenvalue weighted by molar-refractivity contribution is 7.92. The minimum atomic E-state index is -4.70. The van der Waals surface area contributed by atoms with E-state index in [0.717, 1.165) is 0 Å². The molecule has 2 aliphatic rings. The molecule has 0 amide bonds. The van der Waals surface area contributed by atoms with Crippen LogP contribution in [0.5, 0.6) is 0 Å². The molecule has 0 heterocycles. The minimum Gasteiger partial charge on any atom is -0.300 e. The summed E-state index contributed by atoms with van der Waals surface area (Å²) >= 11 is 0. The summed E-state index contributed by atoms with van der Waals surface area (Å²) in [5, 5.41) is -3.78. The molecule has 120 valence electrons. The molecule has 2 aliphatic carbocycles. The van der Waals surface area contributed by atoms with Crippen molar-refractivity contribution in [2.75, 3.05) is 0 Å². The summed E-state index contributed by atoms with van der Waals surface area (Å²) in [5.41, 5.74) is 0. The van der Waals surface area contributed by atoms with Gasteiger partial charge in [0.2, 0.25) is 9.84 Å². The monoisotopic (exact) mass is 328 g/mol. The minimum absolute atomic E-state index is 0.0279. The van der Waals surface area contributed by atoms with Crippen LogP contribution < -0.4 is 0 Å². The predicted molar refractivity (Wildman–Crippen MR) is 77.1 cm³/mol. The molecule has 4 unspecified atom stereocenters. The zero-order chi connectivity index (χ0) is 16.1. The Morgan fingerprint density at radius 2 is 1.73 bits per heavy atom. The van der Waals surface area contributed by atoms with Gasteiger partial charge in [-0.15, -0.1) is 0 Å². The topological polar surface area (TPSA) is 51.2 Å². The van der Waals surface area contributed by atoms with Crippen molar-refractivity contribution in [2.24, 2.45) is 23.7 Å². The molecule has 6 heteroatoms. The van der Waals surface area contributed by atoms with Gasteiger partial charge in [-0.05, 0) is 50.2 Å². The second-order valence-electron chi connectivity index (χ2n) is 6.43. The molecule has 2 fully saturated rings. The lowest BCUT2D eigenvalue weighted by atomic mass is 9.80. The van der Waals surface area contributed by atoms with Crippen LogP contribution in [0.1, 0.15) is 26.2 Å². The molecule has 4 atom stereocenters. The van der Waals surface area contributed by atoms with Gasteiger partial charge < -0.3 is 0 Å². The molecule has 1 aromatic carbocycles. The third-order valence-corrected chi connectivity index (χ3v) is 7.13. The van der Waals surface area contributed by atoms with Crippen LogP contribution in [0.25, 0.3) is 0 Å². The molecule has 0 spiro atoms. The molecule has 0 aliphatic heterocycles. The number of fused-ring (bicyclic) bond motifs is 2. The summed E-state index contributed by atoms with van der Waals surface area (Å²) in [4.78, 5) is 11.2. The van der Waals surface area contributed by atoms with Crippen LogP contribution >= 0.6 is 0 Å². The number of halogens is 2. The van der Waals surface area contributed by atoms with Crippen LogP contribution in [0.2, 0.25) is 0 Å². The van der Waals surface area contributed by atoms with Gasteiger partial charge in [0, 0.05) is 11.8 Å². The molecule has 3 rings (SSSR count). The molecular formula is C16H18F2O3S. The van der Waals surface area contributed by atoms with E-state index < -0.39 is 21.0 Å². The van der Waals surface area contributed by atoms with E-state index in [1.165, 1.54) is 31.2 Å². The van der Waals surface area contributed by atoms with Crippen molar-refractivity contribution in [1.82, 2.24) is 0 Å². The van der Waals surface area contributed by atoms with E-state index in [2.05, 4.69) is 0 Å². The van der Waals surface area contributed by atoms with Crippen molar-refractivity contribution in [3.63, 3.8) is 0 Å². The molecule has 0 saturated heterocycles. The van der Waals surface area contributed by atoms with E-state index in [-0.39, 0.29) is 34.9 Å². The Bertz CT molecular complexity index is 685. The van der Waals surface area contributed by atoms with Gasteiger partial charge in [-0.2, -0.15) is 8.78 Å². The number of carbonyl (C=O) groups excluding carboxylic acids is 1. The number of sulfone groups is 1. The Hall–Kier alpha value is -1.30. The largest absolute Gasteiger partial charge is 0.353 e. The highest BCUT2D eigenvalue weighted by atomic mass is 32.2. The lowest BCUT2D eigenvalue weighted by molar-refractivity contribution is -0.123. The summed E-state index contributed by atoms with van der Waals surface area (Å²) in [6.45, 7) is 1.49. The second kappa shape index (κ2) is 5.11. The summed E-state index contributed by atoms with van der Waals surface area (Å²) in [6, 6.07) is 6.88. The number of alkyl halides is 2. The van der Waals surface area contributed by atoms with Crippen LogP contribution in [-0.4, -0.2) is 19.5 Å². The maximum atomic E-state index is 14.7. The summed E-state index contributed by atoms with van der Waals surface area (Å²) in [7, 11) is -4.70. The van der Waals surface area contributed by atoms with Crippen LogP contribution in [0.15, 0.2) is 35.2 Å². The average molecular weight is 328 g/mol. The van der Waals surface area contributed by atoms with Gasteiger partial charge in [0.15, 0.2) is 0 Å². The van der Waals surface area contributed by atoms with E-state index in [0.29, 0.717) is 12.8 Å². The molecule has 0 radical (unpaired) electrons. The Labute approximate surface area is 128 Å². The molecule has 22 heavy (non-hydrogen) atoms. The first-order chi connectivity index (χ1) is 10.2. The van der Waals surface area contributed by atoms with Crippen molar-refractivity contribution in [1.29, 1.82) is 0 Å². The quantitative estimate of drug-likeness (QED) is 0.852. The van der Waals surface area contributed by atoms with Gasteiger partial charge in [0.05, 0.1) is 4.90 Å². The van der Waals surface area contributed by atoms with E-state index in [4.69, 9.17) is 0 Å². The zero-order valence-electron chi connectivity index (χ0n) is 12.2. The lowest BCUT2D eigenvalue weighted by Gasteiger charge is -2.32. The summed E-state index contributed by atoms with van der Waals surface area (Å²) in [6.07, 6.45) is 1.05. The Morgan fingerprint density at radius 1 is 1.09 bits per heavy atom. The molecule has 0 N–H and O–H groups in total. The predicted octanol–water partition coefficient (Wildman–Crippen LogP) is 3.30. The standard InChI is InChI=1S/C16H18F2O3S/c1-10(19)14-8-12-7-11(14)9-15(12)16(17,18)22(20,21)13-5-3-2-4-6-13/h2-6,11-12,14-15H,7-9H2,1H3. The third kappa shape index (κ3) is 2.19. The van der Waals surface area contributed by atoms with Crippen molar-refractivity contribution < 1.29 is 22.0 Å². The first kappa shape index (κ1) is 15.6. The summed E-state index contributed by atoms with van der Waals surface area (Å²) in [5.74, 6) is -1.80. The van der Waals surface area contributed by atoms with Crippen molar-refractivity contribution in [3.05, 3.63) is 30.3 Å². The Kier molecular flexibility index (Phi) is 3.62. The van der Waals surface area contributed by atoms with Crippen molar-refractivity contribution >= 4 is 15.6 Å². The highest BCUT2D eigenvalue weighted by Crippen LogP contribution is 2.58. The Balaban J connectivity index is 1.88. The van der Waals surface area contributed by atoms with Gasteiger partial charge >= 0.3 is 5.25 Å². The molecular weight excluding hydrogens is 310 g/mol. The fraction of sp³-hybridized carbons (Fsp3) is 0.562. The molecule has 2 bridgehead atoms. The highest BCUT2D eigenvalue weighted by Gasteiger charge is 2.61. The molecule has 0 aromatic heterocycles. The molecule has 1 aromatic rings. The molecule has 3 nitrogen and oxygen atoms in total. The fourth-order valence-electron chi connectivity index (χ4n) is 4.14. The average Bonchev–Trinajstić information content (AvgIpc) is 3.08. The molecule has 2 saturated carbocycles. The van der Waals surface area contributed by atoms with Gasteiger partial charge in [0.25, 0.3) is 0 Å².